The lowest BCUT2D eigenvalue weighted by Crippen LogP contribution is -2.28. The first-order valence-electron chi connectivity index (χ1n) is 22.5. The van der Waals surface area contributed by atoms with Crippen molar-refractivity contribution in [2.24, 2.45) is 0 Å². The Morgan fingerprint density at radius 1 is 0.417 bits per heavy atom. The summed E-state index contributed by atoms with van der Waals surface area (Å²) in [5.74, 6) is 2.29. The minimum atomic E-state index is -0.163. The lowest BCUT2D eigenvalue weighted by molar-refractivity contribution is 0.303. The topological polar surface area (TPSA) is 83.0 Å². The van der Waals surface area contributed by atoms with Gasteiger partial charge in [0.25, 0.3) is 0 Å². The highest BCUT2D eigenvalue weighted by Gasteiger charge is 2.28. The zero-order valence-electron chi connectivity index (χ0n) is 40.1. The molecule has 0 heterocycles. The number of rotatable bonds is 10. The Hall–Kier alpha value is -4.00. The van der Waals surface area contributed by atoms with Crippen LogP contribution in [0.3, 0.4) is 0 Å². The third-order valence-corrected chi connectivity index (χ3v) is 11.8. The van der Waals surface area contributed by atoms with Crippen LogP contribution in [0.1, 0.15) is 178 Å². The van der Waals surface area contributed by atoms with Crippen molar-refractivity contribution in [3.8, 4) is 23.0 Å². The van der Waals surface area contributed by atoms with Crippen LogP contribution in [-0.4, -0.2) is 48.6 Å². The molecule has 0 aliphatic heterocycles. The maximum atomic E-state index is 12.5. The smallest absolute Gasteiger partial charge is 0.126 e. The molecule has 8 bridgehead atoms. The quantitative estimate of drug-likeness (QED) is 0.105. The molecule has 0 radical (unpaired) electrons. The van der Waals surface area contributed by atoms with Crippen LogP contribution < -0.4 is 20.1 Å². The number of nitrogens with one attached hydrogen (secondary N) is 2. The Kier molecular flexibility index (Phi) is 14.2. The molecule has 4 aromatic rings. The summed E-state index contributed by atoms with van der Waals surface area (Å²) in [7, 11) is 0. The van der Waals surface area contributed by atoms with E-state index < -0.39 is 0 Å². The van der Waals surface area contributed by atoms with Gasteiger partial charge in [0.15, 0.2) is 0 Å². The van der Waals surface area contributed by atoms with Crippen LogP contribution in [0.25, 0.3) is 0 Å². The predicted octanol–water partition coefficient (Wildman–Crippen LogP) is 11.7. The molecular formula is C54H78N2O4. The van der Waals surface area contributed by atoms with Crippen molar-refractivity contribution in [2.45, 2.75) is 170 Å². The molecule has 328 valence electrons. The van der Waals surface area contributed by atoms with Crippen molar-refractivity contribution in [3.63, 3.8) is 0 Å². The van der Waals surface area contributed by atoms with Gasteiger partial charge in [-0.05, 0) is 88.4 Å². The van der Waals surface area contributed by atoms with Crippen LogP contribution in [0, 0.1) is 0 Å². The van der Waals surface area contributed by atoms with E-state index in [9.17, 15) is 10.2 Å². The molecule has 4 aromatic carbocycles. The number of phenolic OH excluding ortho intramolecular Hbond substituents is 2. The number of fused-ring (bicyclic) bond motifs is 8. The average molecular weight is 819 g/mol. The molecule has 6 heteroatoms. The highest BCUT2D eigenvalue weighted by molar-refractivity contribution is 5.59. The van der Waals surface area contributed by atoms with Gasteiger partial charge in [0.1, 0.15) is 36.2 Å². The first-order valence-corrected chi connectivity index (χ1v) is 22.5. The predicted molar refractivity (Wildman–Crippen MR) is 252 cm³/mol. The van der Waals surface area contributed by atoms with Gasteiger partial charge in [-0.25, -0.2) is 0 Å². The monoisotopic (exact) mass is 819 g/mol. The molecule has 0 atom stereocenters. The van der Waals surface area contributed by atoms with Crippen molar-refractivity contribution in [1.29, 1.82) is 0 Å². The Morgan fingerprint density at radius 2 is 0.633 bits per heavy atom. The number of hydrogen-bond donors (Lipinski definition) is 4. The summed E-state index contributed by atoms with van der Waals surface area (Å²) >= 11 is 0. The molecule has 0 spiro atoms. The lowest BCUT2D eigenvalue weighted by atomic mass is 9.79. The molecule has 5 rings (SSSR count). The van der Waals surface area contributed by atoms with Crippen molar-refractivity contribution in [1.82, 2.24) is 10.6 Å². The second-order valence-electron chi connectivity index (χ2n) is 22.2. The second kappa shape index (κ2) is 18.2. The van der Waals surface area contributed by atoms with Gasteiger partial charge in [0, 0.05) is 50.9 Å². The summed E-state index contributed by atoms with van der Waals surface area (Å²) in [6.07, 6.45) is 1.96. The molecular weight excluding hydrogens is 741 g/mol. The summed E-state index contributed by atoms with van der Waals surface area (Å²) < 4.78 is 13.7. The first kappa shape index (κ1) is 47.1. The van der Waals surface area contributed by atoms with E-state index in [1.54, 1.807) is 0 Å². The Bertz CT molecular complexity index is 1880. The van der Waals surface area contributed by atoms with Gasteiger partial charge in [-0.15, -0.1) is 0 Å². The lowest BCUT2D eigenvalue weighted by Gasteiger charge is -2.28. The van der Waals surface area contributed by atoms with E-state index in [1.165, 1.54) is 22.3 Å². The standard InChI is InChI=1S/C54H78N2O4/c1-33(2)55-17-19-59-49-39-21-35-25-43(51(5,6)7)27-37(47(35)57)23-41-31-46(54(14,15)16)32-42(50(41)60-20-18-56-34(3)4)24-38-28-44(52(8,9)10)26-36(48(38)58)22-40(49)30-45(29-39)53(11,12)13/h25-34,55-58H,17-24H2,1-16H3. The Labute approximate surface area is 363 Å². The fourth-order valence-corrected chi connectivity index (χ4v) is 8.02. The summed E-state index contributed by atoms with van der Waals surface area (Å²) in [6.45, 7) is 37.9. The molecule has 0 fully saturated rings. The molecule has 0 saturated carbocycles. The van der Waals surface area contributed by atoms with E-state index in [0.717, 1.165) is 56.0 Å². The normalized spacial score (nSPS) is 13.9. The van der Waals surface area contributed by atoms with Crippen molar-refractivity contribution in [3.05, 3.63) is 115 Å². The van der Waals surface area contributed by atoms with E-state index >= 15 is 0 Å². The van der Waals surface area contributed by atoms with Crippen molar-refractivity contribution in [2.75, 3.05) is 26.3 Å². The number of benzene rings is 4. The third-order valence-electron chi connectivity index (χ3n) is 11.8. The maximum absolute atomic E-state index is 12.5. The van der Waals surface area contributed by atoms with Gasteiger partial charge >= 0.3 is 0 Å². The Balaban J connectivity index is 1.90. The van der Waals surface area contributed by atoms with Crippen LogP contribution in [0.5, 0.6) is 23.0 Å². The number of phenols is 2. The van der Waals surface area contributed by atoms with Crippen molar-refractivity contribution < 1.29 is 19.7 Å². The van der Waals surface area contributed by atoms with Gasteiger partial charge in [0.2, 0.25) is 0 Å². The molecule has 0 saturated heterocycles. The number of ether oxygens (including phenoxy) is 2. The zero-order valence-corrected chi connectivity index (χ0v) is 40.1. The molecule has 4 N–H and O–H groups in total. The van der Waals surface area contributed by atoms with E-state index in [2.05, 4.69) is 170 Å². The maximum Gasteiger partial charge on any atom is 0.126 e. The third kappa shape index (κ3) is 11.7. The van der Waals surface area contributed by atoms with Gasteiger partial charge in [-0.2, -0.15) is 0 Å². The summed E-state index contributed by atoms with van der Waals surface area (Å²) in [6, 6.07) is 18.6. The van der Waals surface area contributed by atoms with Crippen LogP contribution in [-0.2, 0) is 47.3 Å². The van der Waals surface area contributed by atoms with Gasteiger partial charge in [0.05, 0.1) is 0 Å². The van der Waals surface area contributed by atoms with Crippen LogP contribution in [0.15, 0.2) is 48.5 Å². The largest absolute Gasteiger partial charge is 0.507 e. The molecule has 1 aliphatic rings. The fraction of sp³-hybridized carbons (Fsp3) is 0.556. The molecule has 1 aliphatic carbocycles. The molecule has 6 nitrogen and oxygen atoms in total. The molecule has 0 aromatic heterocycles. The van der Waals surface area contributed by atoms with Gasteiger partial charge in [-0.1, -0.05) is 159 Å². The molecule has 0 unspecified atom stereocenters. The van der Waals surface area contributed by atoms with E-state index in [1.807, 2.05) is 0 Å². The van der Waals surface area contributed by atoms with Crippen LogP contribution in [0.4, 0.5) is 0 Å². The fourth-order valence-electron chi connectivity index (χ4n) is 8.02. The van der Waals surface area contributed by atoms with Crippen LogP contribution in [0.2, 0.25) is 0 Å². The number of hydrogen-bond acceptors (Lipinski definition) is 6. The molecule has 60 heavy (non-hydrogen) atoms. The summed E-state index contributed by atoms with van der Waals surface area (Å²) in [4.78, 5) is 0. The highest BCUT2D eigenvalue weighted by Crippen LogP contribution is 2.43. The van der Waals surface area contributed by atoms with E-state index in [-0.39, 0.29) is 21.7 Å². The summed E-state index contributed by atoms with van der Waals surface area (Å²) in [5.41, 5.74) is 11.7. The minimum Gasteiger partial charge on any atom is -0.507 e. The number of aromatic hydroxyl groups is 2. The van der Waals surface area contributed by atoms with Gasteiger partial charge in [-0.3, -0.25) is 0 Å². The average Bonchev–Trinajstić information content (AvgIpc) is 3.10. The van der Waals surface area contributed by atoms with Crippen LogP contribution >= 0.6 is 0 Å². The van der Waals surface area contributed by atoms with Crippen molar-refractivity contribution >= 4 is 0 Å². The SMILES string of the molecule is CC(C)NCCOc1c2cc(C(C)(C)C)cc1Cc1cc(C(C)(C)C)cc(c1O)Cc1cc(C(C)(C)C)cc(c1OCCNC(C)C)Cc1cc(C(C)(C)C)cc(c1O)C2. The second-order valence-corrected chi connectivity index (χ2v) is 22.2. The Morgan fingerprint density at radius 3 is 0.833 bits per heavy atom. The first-order chi connectivity index (χ1) is 27.7. The zero-order chi connectivity index (χ0) is 44.5. The minimum absolute atomic E-state index is 0.155. The molecule has 0 amide bonds. The van der Waals surface area contributed by atoms with Gasteiger partial charge < -0.3 is 30.3 Å². The van der Waals surface area contributed by atoms with E-state index in [4.69, 9.17) is 9.47 Å². The van der Waals surface area contributed by atoms with E-state index in [0.29, 0.717) is 75.6 Å². The highest BCUT2D eigenvalue weighted by atomic mass is 16.5. The summed E-state index contributed by atoms with van der Waals surface area (Å²) in [5, 5.41) is 32.1.